The fourth-order valence-corrected chi connectivity index (χ4v) is 3.82. The topological polar surface area (TPSA) is 63.2 Å². The highest BCUT2D eigenvalue weighted by Gasteiger charge is 2.40. The molecule has 0 radical (unpaired) electrons. The van der Waals surface area contributed by atoms with E-state index >= 15 is 0 Å². The van der Waals surface area contributed by atoms with Gasteiger partial charge in [-0.3, -0.25) is 9.52 Å². The normalized spacial score (nSPS) is 32.1. The monoisotopic (exact) mass is 259 g/mol. The molecule has 1 amide bonds. The zero-order valence-corrected chi connectivity index (χ0v) is 11.3. The summed E-state index contributed by atoms with van der Waals surface area (Å²) in [6.07, 6.45) is 5.26. The first-order chi connectivity index (χ1) is 7.88. The van der Waals surface area contributed by atoms with Crippen LogP contribution in [0.25, 0.3) is 0 Å². The van der Waals surface area contributed by atoms with Crippen molar-refractivity contribution in [3.05, 3.63) is 0 Å². The van der Waals surface area contributed by atoms with Gasteiger partial charge in [-0.05, 0) is 50.9 Å². The molecule has 1 N–H and O–H groups in total. The van der Waals surface area contributed by atoms with Gasteiger partial charge in [0.25, 0.3) is 0 Å². The van der Waals surface area contributed by atoms with Gasteiger partial charge in [-0.2, -0.15) is 0 Å². The largest absolute Gasteiger partial charge is 0.274 e. The minimum Gasteiger partial charge on any atom is -0.274 e. The van der Waals surface area contributed by atoms with Crippen molar-refractivity contribution in [1.82, 2.24) is 4.72 Å². The molecular weight excluding hydrogens is 238 g/mol. The van der Waals surface area contributed by atoms with Crippen LogP contribution in [0.4, 0.5) is 0 Å². The summed E-state index contributed by atoms with van der Waals surface area (Å²) in [5.74, 6) is 1.54. The minimum atomic E-state index is -3.45. The van der Waals surface area contributed by atoms with Crippen LogP contribution in [0, 0.1) is 17.8 Å². The van der Waals surface area contributed by atoms with Crippen molar-refractivity contribution in [2.75, 3.05) is 0 Å². The van der Waals surface area contributed by atoms with Crippen molar-refractivity contribution in [3.63, 3.8) is 0 Å². The van der Waals surface area contributed by atoms with Gasteiger partial charge in [-0.25, -0.2) is 8.42 Å². The van der Waals surface area contributed by atoms with Gasteiger partial charge in [0.1, 0.15) is 0 Å². The fraction of sp³-hybridized carbons (Fsp3) is 0.917. The van der Waals surface area contributed by atoms with Crippen LogP contribution in [0.15, 0.2) is 0 Å². The summed E-state index contributed by atoms with van der Waals surface area (Å²) in [6, 6.07) is 0. The van der Waals surface area contributed by atoms with Crippen LogP contribution in [0.2, 0.25) is 0 Å². The van der Waals surface area contributed by atoms with E-state index in [1.165, 1.54) is 19.3 Å². The average Bonchev–Trinajstić information content (AvgIpc) is 2.77. The van der Waals surface area contributed by atoms with Crippen LogP contribution in [-0.2, 0) is 14.8 Å². The Morgan fingerprint density at radius 3 is 2.47 bits per heavy atom. The molecule has 5 heteroatoms. The molecule has 2 saturated carbocycles. The van der Waals surface area contributed by atoms with Gasteiger partial charge >= 0.3 is 0 Å². The quantitative estimate of drug-likeness (QED) is 0.835. The Bertz CT molecular complexity index is 402. The Balaban J connectivity index is 1.86. The molecule has 0 aromatic rings. The van der Waals surface area contributed by atoms with E-state index < -0.39 is 15.3 Å². The lowest BCUT2D eigenvalue weighted by Crippen LogP contribution is -2.37. The number of rotatable bonds is 4. The molecule has 0 unspecified atom stereocenters. The van der Waals surface area contributed by atoms with Crippen molar-refractivity contribution in [2.24, 2.45) is 17.8 Å². The number of carbonyl (C=O) groups is 1. The van der Waals surface area contributed by atoms with Crippen molar-refractivity contribution in [3.8, 4) is 0 Å². The first-order valence-corrected chi connectivity index (χ1v) is 7.97. The lowest BCUT2D eigenvalue weighted by atomic mass is 9.86. The van der Waals surface area contributed by atoms with Gasteiger partial charge in [-0.15, -0.1) is 0 Å². The van der Waals surface area contributed by atoms with Crippen LogP contribution in [0.1, 0.15) is 46.0 Å². The molecule has 3 atom stereocenters. The Morgan fingerprint density at radius 2 is 2.00 bits per heavy atom. The van der Waals surface area contributed by atoms with E-state index in [1.54, 1.807) is 13.8 Å². The SMILES string of the molecule is CC(C)S(=O)(=O)NC(=O)C[C@H]1C[C@H]2CC[C@H]1C2. The number of hydrogen-bond acceptors (Lipinski definition) is 3. The molecule has 0 aliphatic heterocycles. The van der Waals surface area contributed by atoms with Crippen LogP contribution >= 0.6 is 0 Å². The van der Waals surface area contributed by atoms with Gasteiger partial charge in [0.15, 0.2) is 0 Å². The van der Waals surface area contributed by atoms with Crippen molar-refractivity contribution >= 4 is 15.9 Å². The van der Waals surface area contributed by atoms with Gasteiger partial charge in [0.05, 0.1) is 5.25 Å². The zero-order chi connectivity index (χ0) is 12.6. The molecule has 17 heavy (non-hydrogen) atoms. The highest BCUT2D eigenvalue weighted by Crippen LogP contribution is 2.49. The second-order valence-electron chi connectivity index (χ2n) is 5.76. The van der Waals surface area contributed by atoms with Crippen LogP contribution in [0.5, 0.6) is 0 Å². The third-order valence-electron chi connectivity index (χ3n) is 4.21. The number of carbonyl (C=O) groups excluding carboxylic acids is 1. The van der Waals surface area contributed by atoms with E-state index in [9.17, 15) is 13.2 Å². The van der Waals surface area contributed by atoms with Gasteiger partial charge < -0.3 is 0 Å². The Labute approximate surface area is 103 Å². The second-order valence-corrected chi connectivity index (χ2v) is 8.00. The molecule has 0 heterocycles. The molecule has 0 spiro atoms. The van der Waals surface area contributed by atoms with Gasteiger partial charge in [0.2, 0.25) is 15.9 Å². The van der Waals surface area contributed by atoms with E-state index in [0.717, 1.165) is 12.3 Å². The third kappa shape index (κ3) is 2.81. The number of nitrogens with one attached hydrogen (secondary N) is 1. The molecule has 0 aromatic heterocycles. The first kappa shape index (κ1) is 12.9. The lowest BCUT2D eigenvalue weighted by molar-refractivity contribution is -0.120. The highest BCUT2D eigenvalue weighted by atomic mass is 32.2. The maximum atomic E-state index is 11.7. The predicted molar refractivity (Wildman–Crippen MR) is 65.8 cm³/mol. The number of fused-ring (bicyclic) bond motifs is 2. The predicted octanol–water partition coefficient (Wildman–Crippen LogP) is 1.67. The van der Waals surface area contributed by atoms with Crippen LogP contribution in [-0.4, -0.2) is 19.6 Å². The van der Waals surface area contributed by atoms with E-state index in [-0.39, 0.29) is 5.91 Å². The van der Waals surface area contributed by atoms with E-state index in [1.807, 2.05) is 0 Å². The molecule has 2 aliphatic carbocycles. The fourth-order valence-electron chi connectivity index (χ4n) is 3.18. The van der Waals surface area contributed by atoms with E-state index in [0.29, 0.717) is 18.3 Å². The van der Waals surface area contributed by atoms with Gasteiger partial charge in [0, 0.05) is 6.42 Å². The standard InChI is InChI=1S/C12H21NO3S/c1-8(2)17(15,16)13-12(14)7-11-6-9-3-4-10(11)5-9/h8-11H,3-7H2,1-2H3,(H,13,14)/t9-,10-,11+/m0/s1. The summed E-state index contributed by atoms with van der Waals surface area (Å²) in [7, 11) is -3.45. The molecule has 98 valence electrons. The summed E-state index contributed by atoms with van der Waals surface area (Å²) in [5.41, 5.74) is 0. The maximum Gasteiger partial charge on any atom is 0.237 e. The second kappa shape index (κ2) is 4.59. The number of sulfonamides is 1. The molecular formula is C12H21NO3S. The summed E-state index contributed by atoms with van der Waals surface area (Å²) < 4.78 is 25.3. The third-order valence-corrected chi connectivity index (χ3v) is 5.96. The minimum absolute atomic E-state index is 0.323. The Kier molecular flexibility index (Phi) is 3.48. The molecule has 2 bridgehead atoms. The van der Waals surface area contributed by atoms with Crippen molar-refractivity contribution in [2.45, 2.75) is 51.2 Å². The Morgan fingerprint density at radius 1 is 1.29 bits per heavy atom. The van der Waals surface area contributed by atoms with E-state index in [4.69, 9.17) is 0 Å². The van der Waals surface area contributed by atoms with Crippen LogP contribution < -0.4 is 4.72 Å². The van der Waals surface area contributed by atoms with Crippen molar-refractivity contribution < 1.29 is 13.2 Å². The van der Waals surface area contributed by atoms with Gasteiger partial charge in [-0.1, -0.05) is 6.42 Å². The average molecular weight is 259 g/mol. The molecule has 2 aliphatic rings. The highest BCUT2D eigenvalue weighted by molar-refractivity contribution is 7.90. The summed E-state index contributed by atoms with van der Waals surface area (Å²) in [6.45, 7) is 3.15. The summed E-state index contributed by atoms with van der Waals surface area (Å²) in [4.78, 5) is 11.7. The van der Waals surface area contributed by atoms with Crippen LogP contribution in [0.3, 0.4) is 0 Å². The molecule has 2 fully saturated rings. The number of hydrogen-bond donors (Lipinski definition) is 1. The maximum absolute atomic E-state index is 11.7. The molecule has 0 saturated heterocycles. The first-order valence-electron chi connectivity index (χ1n) is 6.43. The summed E-state index contributed by atoms with van der Waals surface area (Å²) in [5, 5.41) is -0.550. The lowest BCUT2D eigenvalue weighted by Gasteiger charge is -2.21. The Hall–Kier alpha value is -0.580. The molecule has 0 aromatic carbocycles. The zero-order valence-electron chi connectivity index (χ0n) is 10.5. The summed E-state index contributed by atoms with van der Waals surface area (Å²) >= 11 is 0. The van der Waals surface area contributed by atoms with Crippen molar-refractivity contribution in [1.29, 1.82) is 0 Å². The molecule has 2 rings (SSSR count). The molecule has 4 nitrogen and oxygen atoms in total. The smallest absolute Gasteiger partial charge is 0.237 e. The number of amides is 1. The van der Waals surface area contributed by atoms with E-state index in [2.05, 4.69) is 4.72 Å².